The molecule has 1 heterocycles. The maximum atomic E-state index is 2.63. The van der Waals surface area contributed by atoms with Crippen molar-refractivity contribution in [2.24, 2.45) is 0 Å². The van der Waals surface area contributed by atoms with E-state index in [1.165, 1.54) is 70.3 Å². The zero-order chi connectivity index (χ0) is 15.5. The standard InChI is InChI=1S/C20H33N2/c1-2-21(19-20-13-7-5-8-14-20)15-9-3-4-10-16-22-17-11-6-12-18-22/h5-8,13-14H,2-4,9-12,15-19H2,1H3. The van der Waals surface area contributed by atoms with Gasteiger partial charge in [0.15, 0.2) is 0 Å². The molecule has 1 fully saturated rings. The van der Waals surface area contributed by atoms with Crippen molar-refractivity contribution >= 4 is 0 Å². The van der Waals surface area contributed by atoms with Crippen molar-refractivity contribution in [2.75, 3.05) is 32.7 Å². The van der Waals surface area contributed by atoms with Gasteiger partial charge in [-0.05, 0) is 70.4 Å². The molecular weight excluding hydrogens is 268 g/mol. The van der Waals surface area contributed by atoms with E-state index in [1.54, 1.807) is 0 Å². The molecule has 1 aromatic rings. The van der Waals surface area contributed by atoms with Crippen molar-refractivity contribution in [3.8, 4) is 0 Å². The number of likely N-dealkylation sites (tertiary alicyclic amines) is 1. The second-order valence-corrected chi connectivity index (χ2v) is 6.48. The second-order valence-electron chi connectivity index (χ2n) is 6.48. The van der Waals surface area contributed by atoms with Gasteiger partial charge < -0.3 is 4.90 Å². The first-order chi connectivity index (χ1) is 10.9. The van der Waals surface area contributed by atoms with E-state index in [-0.39, 0.29) is 0 Å². The van der Waals surface area contributed by atoms with Crippen LogP contribution < -0.4 is 0 Å². The average Bonchev–Trinajstić information content (AvgIpc) is 2.58. The van der Waals surface area contributed by atoms with Gasteiger partial charge in [-0.2, -0.15) is 0 Å². The van der Waals surface area contributed by atoms with Crippen LogP contribution in [0.15, 0.2) is 30.3 Å². The van der Waals surface area contributed by atoms with Crippen LogP contribution in [0.2, 0.25) is 0 Å². The Balaban J connectivity index is 1.51. The summed E-state index contributed by atoms with van der Waals surface area (Å²) in [5, 5.41) is 0. The number of hydrogen-bond acceptors (Lipinski definition) is 2. The van der Waals surface area contributed by atoms with Crippen molar-refractivity contribution in [1.82, 2.24) is 9.80 Å². The van der Waals surface area contributed by atoms with Gasteiger partial charge in [-0.3, -0.25) is 4.90 Å². The molecule has 0 amide bonds. The highest BCUT2D eigenvalue weighted by molar-refractivity contribution is 5.14. The van der Waals surface area contributed by atoms with Crippen molar-refractivity contribution in [1.29, 1.82) is 0 Å². The first-order valence-electron chi connectivity index (χ1n) is 9.19. The summed E-state index contributed by atoms with van der Waals surface area (Å²) in [6.45, 7) is 9.66. The first kappa shape index (κ1) is 17.5. The van der Waals surface area contributed by atoms with Crippen LogP contribution in [0.25, 0.3) is 0 Å². The summed E-state index contributed by atoms with van der Waals surface area (Å²) in [5.41, 5.74) is 1.44. The third kappa shape index (κ3) is 6.93. The summed E-state index contributed by atoms with van der Waals surface area (Å²) in [6.07, 6.45) is 10.5. The SMILES string of the molecule is CCN(CCCCCCN1CC[CH]CC1)Cc1ccccc1. The Morgan fingerprint density at radius 2 is 1.68 bits per heavy atom. The molecule has 22 heavy (non-hydrogen) atoms. The van der Waals surface area contributed by atoms with Crippen molar-refractivity contribution < 1.29 is 0 Å². The van der Waals surface area contributed by atoms with Gasteiger partial charge in [-0.15, -0.1) is 0 Å². The van der Waals surface area contributed by atoms with Gasteiger partial charge in [0.1, 0.15) is 0 Å². The predicted molar refractivity (Wildman–Crippen MR) is 95.8 cm³/mol. The smallest absolute Gasteiger partial charge is 0.0233 e. The van der Waals surface area contributed by atoms with Crippen LogP contribution in [0, 0.1) is 6.42 Å². The molecule has 0 aliphatic carbocycles. The van der Waals surface area contributed by atoms with Crippen molar-refractivity contribution in [2.45, 2.75) is 52.0 Å². The van der Waals surface area contributed by atoms with Gasteiger partial charge in [-0.25, -0.2) is 0 Å². The van der Waals surface area contributed by atoms with Crippen LogP contribution in [-0.2, 0) is 6.54 Å². The van der Waals surface area contributed by atoms with Gasteiger partial charge in [0, 0.05) is 6.54 Å². The molecule has 0 atom stereocenters. The Kier molecular flexibility index (Phi) is 8.59. The summed E-state index contributed by atoms with van der Waals surface area (Å²) < 4.78 is 0. The maximum Gasteiger partial charge on any atom is 0.0233 e. The molecule has 0 saturated carbocycles. The number of nitrogens with zero attached hydrogens (tertiary/aromatic N) is 2. The minimum absolute atomic E-state index is 1.10. The lowest BCUT2D eigenvalue weighted by atomic mass is 10.1. The zero-order valence-corrected chi connectivity index (χ0v) is 14.3. The Morgan fingerprint density at radius 1 is 0.955 bits per heavy atom. The van der Waals surface area contributed by atoms with Gasteiger partial charge in [0.2, 0.25) is 0 Å². The molecule has 2 nitrogen and oxygen atoms in total. The normalized spacial score (nSPS) is 16.3. The Hall–Kier alpha value is -0.860. The lowest BCUT2D eigenvalue weighted by Crippen LogP contribution is -2.30. The molecule has 0 N–H and O–H groups in total. The highest BCUT2D eigenvalue weighted by Gasteiger charge is 2.09. The molecule has 1 aromatic carbocycles. The van der Waals surface area contributed by atoms with E-state index in [0.29, 0.717) is 0 Å². The number of rotatable bonds is 10. The lowest BCUT2D eigenvalue weighted by Gasteiger charge is -2.26. The minimum Gasteiger partial charge on any atom is -0.303 e. The van der Waals surface area contributed by atoms with Gasteiger partial charge in [-0.1, -0.05) is 50.1 Å². The summed E-state index contributed by atoms with van der Waals surface area (Å²) >= 11 is 0. The monoisotopic (exact) mass is 301 g/mol. The number of hydrogen-bond donors (Lipinski definition) is 0. The second kappa shape index (κ2) is 10.8. The van der Waals surface area contributed by atoms with Crippen molar-refractivity contribution in [3.63, 3.8) is 0 Å². The van der Waals surface area contributed by atoms with E-state index in [2.05, 4.69) is 53.5 Å². The maximum absolute atomic E-state index is 2.63. The summed E-state index contributed by atoms with van der Waals surface area (Å²) in [5.74, 6) is 0. The van der Waals surface area contributed by atoms with Crippen LogP contribution in [0.4, 0.5) is 0 Å². The molecule has 0 spiro atoms. The van der Waals surface area contributed by atoms with Gasteiger partial charge in [0.25, 0.3) is 0 Å². The van der Waals surface area contributed by atoms with Crippen LogP contribution in [0.1, 0.15) is 51.0 Å². The molecule has 123 valence electrons. The Labute approximate surface area is 137 Å². The molecule has 0 aromatic heterocycles. The molecule has 1 aliphatic rings. The van der Waals surface area contributed by atoms with E-state index in [9.17, 15) is 0 Å². The minimum atomic E-state index is 1.10. The lowest BCUT2D eigenvalue weighted by molar-refractivity contribution is 0.244. The van der Waals surface area contributed by atoms with E-state index in [1.807, 2.05) is 0 Å². The third-order valence-corrected chi connectivity index (χ3v) is 4.69. The van der Waals surface area contributed by atoms with Gasteiger partial charge in [0.05, 0.1) is 0 Å². The number of piperidine rings is 1. The van der Waals surface area contributed by atoms with Crippen LogP contribution in [0.5, 0.6) is 0 Å². The molecule has 1 radical (unpaired) electrons. The van der Waals surface area contributed by atoms with Gasteiger partial charge >= 0.3 is 0 Å². The Morgan fingerprint density at radius 3 is 2.41 bits per heavy atom. The van der Waals surface area contributed by atoms with E-state index in [4.69, 9.17) is 0 Å². The molecule has 2 heteroatoms. The topological polar surface area (TPSA) is 6.48 Å². The number of benzene rings is 1. The van der Waals surface area contributed by atoms with E-state index >= 15 is 0 Å². The number of unbranched alkanes of at least 4 members (excludes halogenated alkanes) is 3. The van der Waals surface area contributed by atoms with Crippen LogP contribution >= 0.6 is 0 Å². The van der Waals surface area contributed by atoms with E-state index < -0.39 is 0 Å². The van der Waals surface area contributed by atoms with Crippen LogP contribution in [0.3, 0.4) is 0 Å². The molecular formula is C20H33N2. The zero-order valence-electron chi connectivity index (χ0n) is 14.3. The average molecular weight is 301 g/mol. The summed E-state index contributed by atoms with van der Waals surface area (Å²) in [6, 6.07) is 10.8. The van der Waals surface area contributed by atoms with Crippen LogP contribution in [-0.4, -0.2) is 42.5 Å². The summed E-state index contributed by atoms with van der Waals surface area (Å²) in [4.78, 5) is 5.20. The molecule has 1 aliphatic heterocycles. The third-order valence-electron chi connectivity index (χ3n) is 4.69. The largest absolute Gasteiger partial charge is 0.303 e. The van der Waals surface area contributed by atoms with E-state index in [0.717, 1.165) is 13.1 Å². The highest BCUT2D eigenvalue weighted by atomic mass is 15.1. The first-order valence-corrected chi connectivity index (χ1v) is 9.19. The predicted octanol–water partition coefficient (Wildman–Crippen LogP) is 4.37. The quantitative estimate of drug-likeness (QED) is 0.592. The molecule has 0 unspecified atom stereocenters. The molecule has 2 rings (SSSR count). The summed E-state index contributed by atoms with van der Waals surface area (Å²) in [7, 11) is 0. The fourth-order valence-electron chi connectivity index (χ4n) is 3.24. The molecule has 0 bridgehead atoms. The Bertz CT molecular complexity index is 371. The molecule has 1 saturated heterocycles. The highest BCUT2D eigenvalue weighted by Crippen LogP contribution is 2.11. The fraction of sp³-hybridized carbons (Fsp3) is 0.650. The van der Waals surface area contributed by atoms with Crippen molar-refractivity contribution in [3.05, 3.63) is 42.3 Å². The fourth-order valence-corrected chi connectivity index (χ4v) is 3.24.